The Morgan fingerprint density at radius 1 is 1.37 bits per heavy atom. The highest BCUT2D eigenvalue weighted by Crippen LogP contribution is 2.17. The van der Waals surface area contributed by atoms with E-state index in [1.807, 2.05) is 0 Å². The topological polar surface area (TPSA) is 78.4 Å². The molecule has 0 unspecified atom stereocenters. The number of benzene rings is 1. The number of carbonyl (C=O) groups excluding carboxylic acids is 1. The molecule has 104 valence electrons. The van der Waals surface area contributed by atoms with Crippen LogP contribution in [-0.4, -0.2) is 23.7 Å². The van der Waals surface area contributed by atoms with Crippen LogP contribution in [0.4, 0.5) is 13.6 Å². The monoisotopic (exact) mass is 272 g/mol. The van der Waals surface area contributed by atoms with Crippen LogP contribution in [0.5, 0.6) is 0 Å². The summed E-state index contributed by atoms with van der Waals surface area (Å²) in [4.78, 5) is 21.6. The summed E-state index contributed by atoms with van der Waals surface area (Å²) >= 11 is 0. The molecule has 0 heterocycles. The molecule has 5 nitrogen and oxygen atoms in total. The average Bonchev–Trinajstić information content (AvgIpc) is 2.27. The van der Waals surface area contributed by atoms with Gasteiger partial charge in [-0.15, -0.1) is 0 Å². The molecular weight excluding hydrogens is 258 g/mol. The summed E-state index contributed by atoms with van der Waals surface area (Å²) in [5.41, 5.74) is 0.148. The Balaban J connectivity index is 2.52. The van der Waals surface area contributed by atoms with Gasteiger partial charge >= 0.3 is 12.0 Å². The van der Waals surface area contributed by atoms with Crippen molar-refractivity contribution in [3.63, 3.8) is 0 Å². The zero-order valence-corrected chi connectivity index (χ0v) is 10.2. The maximum Gasteiger partial charge on any atom is 0.315 e. The standard InChI is InChI=1S/C12H14F2N2O3/c1-7(9-3-2-8(13)6-10(9)14)16-12(19)15-5-4-11(17)18/h2-3,6-7H,4-5H2,1H3,(H,17,18)(H2,15,16,19)/t7-/m0/s1. The van der Waals surface area contributed by atoms with Gasteiger partial charge in [-0.25, -0.2) is 13.6 Å². The van der Waals surface area contributed by atoms with Crippen LogP contribution in [0.1, 0.15) is 24.9 Å². The summed E-state index contributed by atoms with van der Waals surface area (Å²) < 4.78 is 26.1. The van der Waals surface area contributed by atoms with Crippen molar-refractivity contribution in [1.82, 2.24) is 10.6 Å². The van der Waals surface area contributed by atoms with Gasteiger partial charge in [-0.2, -0.15) is 0 Å². The number of carbonyl (C=O) groups is 2. The average molecular weight is 272 g/mol. The number of urea groups is 1. The molecule has 0 fully saturated rings. The minimum absolute atomic E-state index is 0.0280. The fourth-order valence-electron chi connectivity index (χ4n) is 1.46. The summed E-state index contributed by atoms with van der Waals surface area (Å²) in [6, 6.07) is 1.80. The van der Waals surface area contributed by atoms with E-state index < -0.39 is 29.7 Å². The van der Waals surface area contributed by atoms with Crippen molar-refractivity contribution in [3.05, 3.63) is 35.4 Å². The highest BCUT2D eigenvalue weighted by Gasteiger charge is 2.14. The minimum Gasteiger partial charge on any atom is -0.481 e. The molecule has 2 amide bonds. The number of rotatable bonds is 5. The van der Waals surface area contributed by atoms with Crippen molar-refractivity contribution >= 4 is 12.0 Å². The quantitative estimate of drug-likeness (QED) is 0.764. The molecular formula is C12H14F2N2O3. The molecule has 0 aromatic heterocycles. The number of carboxylic acids is 1. The Morgan fingerprint density at radius 3 is 2.63 bits per heavy atom. The van der Waals surface area contributed by atoms with Crippen LogP contribution in [0.2, 0.25) is 0 Å². The Morgan fingerprint density at radius 2 is 2.05 bits per heavy atom. The van der Waals surface area contributed by atoms with Crippen LogP contribution in [0.15, 0.2) is 18.2 Å². The van der Waals surface area contributed by atoms with Crippen molar-refractivity contribution < 1.29 is 23.5 Å². The first-order valence-corrected chi connectivity index (χ1v) is 5.61. The minimum atomic E-state index is -1.03. The molecule has 0 spiro atoms. The van der Waals surface area contributed by atoms with E-state index in [-0.39, 0.29) is 18.5 Å². The predicted octanol–water partition coefficient (Wildman–Crippen LogP) is 1.80. The third kappa shape index (κ3) is 4.90. The molecule has 0 saturated carbocycles. The molecule has 7 heteroatoms. The molecule has 1 aromatic rings. The molecule has 19 heavy (non-hydrogen) atoms. The number of carboxylic acid groups (broad SMARTS) is 1. The molecule has 0 saturated heterocycles. The van der Waals surface area contributed by atoms with Gasteiger partial charge in [0.15, 0.2) is 0 Å². The van der Waals surface area contributed by atoms with Gasteiger partial charge in [0, 0.05) is 18.2 Å². The Hall–Kier alpha value is -2.18. The van der Waals surface area contributed by atoms with Gasteiger partial charge in [0.05, 0.1) is 12.5 Å². The molecule has 0 aliphatic heterocycles. The van der Waals surface area contributed by atoms with Crippen molar-refractivity contribution in [2.45, 2.75) is 19.4 Å². The Kier molecular flexibility index (Phi) is 5.23. The summed E-state index contributed by atoms with van der Waals surface area (Å²) in [7, 11) is 0. The second-order valence-electron chi connectivity index (χ2n) is 3.93. The summed E-state index contributed by atoms with van der Waals surface area (Å²) in [6.45, 7) is 1.51. The van der Waals surface area contributed by atoms with Gasteiger partial charge < -0.3 is 15.7 Å². The number of hydrogen-bond donors (Lipinski definition) is 3. The molecule has 3 N–H and O–H groups in total. The van der Waals surface area contributed by atoms with Crippen molar-refractivity contribution in [3.8, 4) is 0 Å². The lowest BCUT2D eigenvalue weighted by atomic mass is 10.1. The Bertz CT molecular complexity index is 480. The second kappa shape index (κ2) is 6.67. The van der Waals surface area contributed by atoms with E-state index in [1.165, 1.54) is 13.0 Å². The fraction of sp³-hybridized carbons (Fsp3) is 0.333. The van der Waals surface area contributed by atoms with Crippen LogP contribution in [0.3, 0.4) is 0 Å². The van der Waals surface area contributed by atoms with E-state index in [1.54, 1.807) is 0 Å². The normalized spacial score (nSPS) is 11.7. The lowest BCUT2D eigenvalue weighted by Crippen LogP contribution is -2.38. The van der Waals surface area contributed by atoms with E-state index >= 15 is 0 Å². The highest BCUT2D eigenvalue weighted by atomic mass is 19.1. The number of halogens is 2. The van der Waals surface area contributed by atoms with Gasteiger partial charge in [-0.05, 0) is 13.0 Å². The number of aliphatic carboxylic acids is 1. The molecule has 0 bridgehead atoms. The Labute approximate surface area is 108 Å². The van der Waals surface area contributed by atoms with E-state index in [0.717, 1.165) is 12.1 Å². The van der Waals surface area contributed by atoms with Crippen LogP contribution in [0.25, 0.3) is 0 Å². The van der Waals surface area contributed by atoms with E-state index in [4.69, 9.17) is 5.11 Å². The first-order chi connectivity index (χ1) is 8.90. The van der Waals surface area contributed by atoms with Crippen LogP contribution in [-0.2, 0) is 4.79 Å². The van der Waals surface area contributed by atoms with Gasteiger partial charge in [-0.1, -0.05) is 6.07 Å². The number of hydrogen-bond acceptors (Lipinski definition) is 2. The van der Waals surface area contributed by atoms with Gasteiger partial charge in [0.25, 0.3) is 0 Å². The van der Waals surface area contributed by atoms with E-state index in [2.05, 4.69) is 10.6 Å². The molecule has 1 atom stereocenters. The van der Waals surface area contributed by atoms with Crippen LogP contribution in [0, 0.1) is 11.6 Å². The van der Waals surface area contributed by atoms with Gasteiger partial charge in [0.1, 0.15) is 11.6 Å². The van der Waals surface area contributed by atoms with Crippen LogP contribution >= 0.6 is 0 Å². The van der Waals surface area contributed by atoms with E-state index in [0.29, 0.717) is 0 Å². The maximum absolute atomic E-state index is 13.4. The van der Waals surface area contributed by atoms with Crippen molar-refractivity contribution in [2.24, 2.45) is 0 Å². The smallest absolute Gasteiger partial charge is 0.315 e. The number of nitrogens with one attached hydrogen (secondary N) is 2. The van der Waals surface area contributed by atoms with Crippen molar-refractivity contribution in [2.75, 3.05) is 6.54 Å². The maximum atomic E-state index is 13.4. The predicted molar refractivity (Wildman–Crippen MR) is 63.6 cm³/mol. The largest absolute Gasteiger partial charge is 0.481 e. The highest BCUT2D eigenvalue weighted by molar-refractivity contribution is 5.75. The summed E-state index contributed by atoms with van der Waals surface area (Å²) in [5, 5.41) is 13.1. The van der Waals surface area contributed by atoms with Gasteiger partial charge in [0.2, 0.25) is 0 Å². The number of amides is 2. The van der Waals surface area contributed by atoms with Crippen molar-refractivity contribution in [1.29, 1.82) is 0 Å². The molecule has 0 radical (unpaired) electrons. The molecule has 0 aliphatic rings. The molecule has 0 aliphatic carbocycles. The zero-order chi connectivity index (χ0) is 14.4. The van der Waals surface area contributed by atoms with Crippen LogP contribution < -0.4 is 10.6 Å². The first-order valence-electron chi connectivity index (χ1n) is 5.61. The lowest BCUT2D eigenvalue weighted by Gasteiger charge is -2.15. The lowest BCUT2D eigenvalue weighted by molar-refractivity contribution is -0.136. The molecule has 1 aromatic carbocycles. The third-order valence-corrected chi connectivity index (χ3v) is 2.40. The first kappa shape index (κ1) is 14.9. The third-order valence-electron chi connectivity index (χ3n) is 2.40. The SMILES string of the molecule is C[C@H](NC(=O)NCCC(=O)O)c1ccc(F)cc1F. The molecule has 1 rings (SSSR count). The summed E-state index contributed by atoms with van der Waals surface area (Å²) in [5.74, 6) is -2.48. The van der Waals surface area contributed by atoms with E-state index in [9.17, 15) is 18.4 Å². The zero-order valence-electron chi connectivity index (χ0n) is 10.2. The second-order valence-corrected chi connectivity index (χ2v) is 3.93. The fourth-order valence-corrected chi connectivity index (χ4v) is 1.46. The summed E-state index contributed by atoms with van der Waals surface area (Å²) in [6.07, 6.45) is -0.202. The van der Waals surface area contributed by atoms with Gasteiger partial charge in [-0.3, -0.25) is 4.79 Å².